The molecule has 0 fully saturated rings. The zero-order valence-electron chi connectivity index (χ0n) is 7.54. The maximum absolute atomic E-state index is 10.7. The highest BCUT2D eigenvalue weighted by Gasteiger charge is 2.22. The van der Waals surface area contributed by atoms with Crippen molar-refractivity contribution in [1.82, 2.24) is 0 Å². The molecule has 1 rings (SSSR count). The lowest BCUT2D eigenvalue weighted by Gasteiger charge is -2.18. The SMILES string of the molecule is CC(C)(C=O)c1ccc(Cl)cc1O. The fraction of sp³-hybridized carbons (Fsp3) is 0.300. The van der Waals surface area contributed by atoms with E-state index in [0.29, 0.717) is 10.6 Å². The zero-order chi connectivity index (χ0) is 10.1. The van der Waals surface area contributed by atoms with Gasteiger partial charge in [0.1, 0.15) is 12.0 Å². The number of hydrogen-bond donors (Lipinski definition) is 1. The van der Waals surface area contributed by atoms with E-state index >= 15 is 0 Å². The molecule has 0 saturated heterocycles. The molecule has 1 N–H and O–H groups in total. The van der Waals surface area contributed by atoms with Gasteiger partial charge in [0.2, 0.25) is 0 Å². The van der Waals surface area contributed by atoms with Crippen molar-refractivity contribution in [2.24, 2.45) is 0 Å². The second-order valence-electron chi connectivity index (χ2n) is 3.50. The molecule has 0 aromatic heterocycles. The van der Waals surface area contributed by atoms with E-state index in [0.717, 1.165) is 6.29 Å². The maximum atomic E-state index is 10.7. The van der Waals surface area contributed by atoms with Crippen LogP contribution in [0.2, 0.25) is 5.02 Å². The normalized spacial score (nSPS) is 11.3. The molecule has 0 unspecified atom stereocenters. The first kappa shape index (κ1) is 10.1. The van der Waals surface area contributed by atoms with Gasteiger partial charge in [-0.05, 0) is 26.0 Å². The molecule has 0 radical (unpaired) electrons. The molecule has 2 nitrogen and oxygen atoms in total. The van der Waals surface area contributed by atoms with Gasteiger partial charge >= 0.3 is 0 Å². The van der Waals surface area contributed by atoms with Gasteiger partial charge in [0.25, 0.3) is 0 Å². The highest BCUT2D eigenvalue weighted by molar-refractivity contribution is 6.30. The lowest BCUT2D eigenvalue weighted by atomic mass is 9.86. The molecule has 0 amide bonds. The largest absolute Gasteiger partial charge is 0.508 e. The number of phenolic OH excluding ortho intramolecular Hbond substituents is 1. The molecular formula is C10H11ClO2. The Kier molecular flexibility index (Phi) is 2.62. The van der Waals surface area contributed by atoms with Gasteiger partial charge in [0, 0.05) is 16.0 Å². The molecule has 0 saturated carbocycles. The van der Waals surface area contributed by atoms with E-state index in [4.69, 9.17) is 11.6 Å². The number of carbonyl (C=O) groups is 1. The fourth-order valence-corrected chi connectivity index (χ4v) is 1.28. The average Bonchev–Trinajstić information content (AvgIpc) is 2.03. The summed E-state index contributed by atoms with van der Waals surface area (Å²) >= 11 is 5.66. The van der Waals surface area contributed by atoms with Crippen LogP contribution in [0.3, 0.4) is 0 Å². The molecule has 0 aliphatic rings. The van der Waals surface area contributed by atoms with Gasteiger partial charge in [0.05, 0.1) is 0 Å². The van der Waals surface area contributed by atoms with Crippen molar-refractivity contribution in [2.45, 2.75) is 19.3 Å². The second kappa shape index (κ2) is 3.38. The van der Waals surface area contributed by atoms with E-state index in [1.807, 2.05) is 0 Å². The first-order valence-corrected chi connectivity index (χ1v) is 4.30. The monoisotopic (exact) mass is 198 g/mol. The first-order valence-electron chi connectivity index (χ1n) is 3.93. The predicted molar refractivity (Wildman–Crippen MR) is 52.2 cm³/mol. The Morgan fingerprint density at radius 3 is 2.54 bits per heavy atom. The van der Waals surface area contributed by atoms with Crippen LogP contribution in [-0.4, -0.2) is 11.4 Å². The van der Waals surface area contributed by atoms with Crippen molar-refractivity contribution in [2.75, 3.05) is 0 Å². The van der Waals surface area contributed by atoms with Gasteiger partial charge in [-0.15, -0.1) is 0 Å². The predicted octanol–water partition coefficient (Wildman–Crippen LogP) is 2.52. The van der Waals surface area contributed by atoms with E-state index in [-0.39, 0.29) is 5.75 Å². The van der Waals surface area contributed by atoms with Crippen LogP contribution < -0.4 is 0 Å². The number of hydrogen-bond acceptors (Lipinski definition) is 2. The summed E-state index contributed by atoms with van der Waals surface area (Å²) in [4.78, 5) is 10.7. The van der Waals surface area contributed by atoms with Gasteiger partial charge < -0.3 is 9.90 Å². The van der Waals surface area contributed by atoms with Crippen LogP contribution in [0.15, 0.2) is 18.2 Å². The van der Waals surface area contributed by atoms with Gasteiger partial charge in [-0.2, -0.15) is 0 Å². The van der Waals surface area contributed by atoms with Crippen LogP contribution in [-0.2, 0) is 10.2 Å². The molecule has 0 aliphatic carbocycles. The molecule has 3 heteroatoms. The van der Waals surface area contributed by atoms with Crippen molar-refractivity contribution in [3.8, 4) is 5.75 Å². The Morgan fingerprint density at radius 2 is 2.08 bits per heavy atom. The number of halogens is 1. The van der Waals surface area contributed by atoms with Crippen LogP contribution in [0.4, 0.5) is 0 Å². The van der Waals surface area contributed by atoms with Crippen LogP contribution in [0, 0.1) is 0 Å². The summed E-state index contributed by atoms with van der Waals surface area (Å²) in [6.45, 7) is 3.48. The Labute approximate surface area is 82.2 Å². The van der Waals surface area contributed by atoms with Crippen molar-refractivity contribution in [3.05, 3.63) is 28.8 Å². The molecule has 0 spiro atoms. The summed E-state index contributed by atoms with van der Waals surface area (Å²) in [5, 5.41) is 9.98. The third kappa shape index (κ3) is 2.01. The van der Waals surface area contributed by atoms with Crippen LogP contribution >= 0.6 is 11.6 Å². The molecule has 1 aromatic rings. The number of phenols is 1. The minimum absolute atomic E-state index is 0.0598. The average molecular weight is 199 g/mol. The Bertz CT molecular complexity index is 332. The Hall–Kier alpha value is -1.02. The summed E-state index contributed by atoms with van der Waals surface area (Å²) in [6, 6.07) is 4.75. The quantitative estimate of drug-likeness (QED) is 0.742. The summed E-state index contributed by atoms with van der Waals surface area (Å²) in [7, 11) is 0. The van der Waals surface area contributed by atoms with E-state index in [1.54, 1.807) is 26.0 Å². The number of benzene rings is 1. The smallest absolute Gasteiger partial charge is 0.130 e. The Balaban J connectivity index is 3.23. The summed E-state index contributed by atoms with van der Waals surface area (Å²) < 4.78 is 0. The third-order valence-corrected chi connectivity index (χ3v) is 2.18. The van der Waals surface area contributed by atoms with E-state index in [1.165, 1.54) is 6.07 Å². The number of aldehydes is 1. The summed E-state index contributed by atoms with van der Waals surface area (Å²) in [5.41, 5.74) is -0.0822. The molecule has 70 valence electrons. The maximum Gasteiger partial charge on any atom is 0.130 e. The highest BCUT2D eigenvalue weighted by Crippen LogP contribution is 2.31. The van der Waals surface area contributed by atoms with Crippen molar-refractivity contribution < 1.29 is 9.90 Å². The molecule has 0 aliphatic heterocycles. The Morgan fingerprint density at radius 1 is 1.46 bits per heavy atom. The molecule has 1 aromatic carbocycles. The van der Waals surface area contributed by atoms with Crippen LogP contribution in [0.25, 0.3) is 0 Å². The van der Waals surface area contributed by atoms with Crippen LogP contribution in [0.1, 0.15) is 19.4 Å². The molecule has 0 atom stereocenters. The topological polar surface area (TPSA) is 37.3 Å². The van der Waals surface area contributed by atoms with Gasteiger partial charge in [-0.25, -0.2) is 0 Å². The summed E-state index contributed by atoms with van der Waals surface area (Å²) in [6.07, 6.45) is 0.802. The number of rotatable bonds is 2. The standard InChI is InChI=1S/C10H11ClO2/c1-10(2,6-12)8-4-3-7(11)5-9(8)13/h3-6,13H,1-2H3. The fourth-order valence-electron chi connectivity index (χ4n) is 1.11. The van der Waals surface area contributed by atoms with Crippen molar-refractivity contribution in [1.29, 1.82) is 0 Å². The van der Waals surface area contributed by atoms with E-state index in [2.05, 4.69) is 0 Å². The van der Waals surface area contributed by atoms with Gasteiger partial charge in [-0.3, -0.25) is 0 Å². The van der Waals surface area contributed by atoms with Crippen molar-refractivity contribution >= 4 is 17.9 Å². The summed E-state index contributed by atoms with van der Waals surface area (Å²) in [5.74, 6) is 0.0598. The van der Waals surface area contributed by atoms with Crippen molar-refractivity contribution in [3.63, 3.8) is 0 Å². The zero-order valence-corrected chi connectivity index (χ0v) is 8.30. The third-order valence-electron chi connectivity index (χ3n) is 1.95. The lowest BCUT2D eigenvalue weighted by Crippen LogP contribution is -2.18. The minimum atomic E-state index is -0.672. The lowest BCUT2D eigenvalue weighted by molar-refractivity contribution is -0.111. The van der Waals surface area contributed by atoms with Crippen LogP contribution in [0.5, 0.6) is 5.75 Å². The highest BCUT2D eigenvalue weighted by atomic mass is 35.5. The molecule has 0 heterocycles. The van der Waals surface area contributed by atoms with Gasteiger partial charge in [-0.1, -0.05) is 17.7 Å². The minimum Gasteiger partial charge on any atom is -0.508 e. The molecular weight excluding hydrogens is 188 g/mol. The van der Waals surface area contributed by atoms with E-state index < -0.39 is 5.41 Å². The molecule has 13 heavy (non-hydrogen) atoms. The van der Waals surface area contributed by atoms with Gasteiger partial charge in [0.15, 0.2) is 0 Å². The number of aromatic hydroxyl groups is 1. The molecule has 0 bridgehead atoms. The second-order valence-corrected chi connectivity index (χ2v) is 3.94. The van der Waals surface area contributed by atoms with E-state index in [9.17, 15) is 9.90 Å². The first-order chi connectivity index (χ1) is 5.97. The number of carbonyl (C=O) groups excluding carboxylic acids is 1.